The van der Waals surface area contributed by atoms with E-state index in [9.17, 15) is 10.1 Å². The third kappa shape index (κ3) is 3.65. The van der Waals surface area contributed by atoms with Gasteiger partial charge >= 0.3 is 0 Å². The smallest absolute Gasteiger partial charge is 0.293 e. The Morgan fingerprint density at radius 1 is 1.25 bits per heavy atom. The molecule has 0 radical (unpaired) electrons. The largest absolute Gasteiger partial charge is 0.375 e. The average molecular weight is 309 g/mol. The molecule has 0 saturated heterocycles. The topological polar surface area (TPSA) is 55.2 Å². The number of nitrogens with one attached hydrogen (secondary N) is 1. The van der Waals surface area contributed by atoms with Crippen molar-refractivity contribution in [2.45, 2.75) is 11.4 Å². The third-order valence-electron chi connectivity index (χ3n) is 2.80. The van der Waals surface area contributed by atoms with E-state index in [1.165, 1.54) is 11.0 Å². The molecular formula is C14H13ClN2O2S. The Balaban J connectivity index is 2.12. The van der Waals surface area contributed by atoms with Crippen molar-refractivity contribution in [2.24, 2.45) is 0 Å². The van der Waals surface area contributed by atoms with Crippen molar-refractivity contribution in [3.05, 3.63) is 63.2 Å². The van der Waals surface area contributed by atoms with Gasteiger partial charge in [-0.25, -0.2) is 0 Å². The molecule has 1 N–H and O–H groups in total. The highest BCUT2D eigenvalue weighted by molar-refractivity contribution is 7.98. The summed E-state index contributed by atoms with van der Waals surface area (Å²) < 4.78 is 0. The molecule has 0 bridgehead atoms. The van der Waals surface area contributed by atoms with Crippen molar-refractivity contribution < 1.29 is 4.92 Å². The maximum atomic E-state index is 11.0. The molecule has 0 unspecified atom stereocenters. The molecule has 0 saturated carbocycles. The van der Waals surface area contributed by atoms with Gasteiger partial charge in [-0.3, -0.25) is 10.1 Å². The molecule has 0 fully saturated rings. The van der Waals surface area contributed by atoms with Crippen LogP contribution < -0.4 is 5.32 Å². The van der Waals surface area contributed by atoms with Crippen LogP contribution >= 0.6 is 23.4 Å². The highest BCUT2D eigenvalue weighted by Gasteiger charge is 2.13. The van der Waals surface area contributed by atoms with Crippen molar-refractivity contribution >= 4 is 34.7 Å². The Kier molecular flexibility index (Phi) is 4.87. The van der Waals surface area contributed by atoms with Gasteiger partial charge in [-0.2, -0.15) is 0 Å². The van der Waals surface area contributed by atoms with Gasteiger partial charge in [-0.05, 0) is 36.1 Å². The Morgan fingerprint density at radius 2 is 1.95 bits per heavy atom. The predicted octanol–water partition coefficient (Wildman–Crippen LogP) is 4.58. The fourth-order valence-corrected chi connectivity index (χ4v) is 2.32. The Labute approximate surface area is 126 Å². The van der Waals surface area contributed by atoms with E-state index in [-0.39, 0.29) is 5.69 Å². The van der Waals surface area contributed by atoms with Gasteiger partial charge in [0.1, 0.15) is 5.69 Å². The number of nitrogens with zero attached hydrogens (tertiary/aromatic N) is 1. The van der Waals surface area contributed by atoms with E-state index in [0.717, 1.165) is 5.56 Å². The zero-order chi connectivity index (χ0) is 14.5. The Hall–Kier alpha value is -1.72. The van der Waals surface area contributed by atoms with Crippen LogP contribution in [0.1, 0.15) is 5.56 Å². The summed E-state index contributed by atoms with van der Waals surface area (Å²) in [6.07, 6.45) is 2.02. The summed E-state index contributed by atoms with van der Waals surface area (Å²) in [5.41, 5.74) is 1.51. The van der Waals surface area contributed by atoms with Crippen LogP contribution in [-0.4, -0.2) is 11.2 Å². The van der Waals surface area contributed by atoms with Crippen LogP contribution in [0.15, 0.2) is 47.4 Å². The minimum Gasteiger partial charge on any atom is -0.375 e. The van der Waals surface area contributed by atoms with Gasteiger partial charge in [-0.15, -0.1) is 11.8 Å². The van der Waals surface area contributed by atoms with Gasteiger partial charge < -0.3 is 5.32 Å². The molecule has 0 atom stereocenters. The van der Waals surface area contributed by atoms with Crippen LogP contribution in [0.2, 0.25) is 5.02 Å². The summed E-state index contributed by atoms with van der Waals surface area (Å²) >= 11 is 7.45. The van der Waals surface area contributed by atoms with Gasteiger partial charge in [0, 0.05) is 22.5 Å². The van der Waals surface area contributed by atoms with Gasteiger partial charge in [0.2, 0.25) is 0 Å². The van der Waals surface area contributed by atoms with Crippen LogP contribution in [0.5, 0.6) is 0 Å². The number of nitro benzene ring substituents is 1. The molecular weight excluding hydrogens is 296 g/mol. The van der Waals surface area contributed by atoms with Gasteiger partial charge in [-0.1, -0.05) is 23.7 Å². The maximum absolute atomic E-state index is 11.0. The Bertz CT molecular complexity index is 617. The molecule has 0 spiro atoms. The van der Waals surface area contributed by atoms with Crippen molar-refractivity contribution in [3.8, 4) is 0 Å². The number of halogens is 1. The van der Waals surface area contributed by atoms with E-state index < -0.39 is 4.92 Å². The molecule has 0 aliphatic rings. The summed E-state index contributed by atoms with van der Waals surface area (Å²) in [7, 11) is 0. The van der Waals surface area contributed by atoms with E-state index >= 15 is 0 Å². The highest BCUT2D eigenvalue weighted by atomic mass is 35.5. The molecule has 20 heavy (non-hydrogen) atoms. The van der Waals surface area contributed by atoms with Crippen LogP contribution in [-0.2, 0) is 6.54 Å². The van der Waals surface area contributed by atoms with E-state index in [4.69, 9.17) is 11.6 Å². The zero-order valence-electron chi connectivity index (χ0n) is 10.8. The van der Waals surface area contributed by atoms with E-state index in [2.05, 4.69) is 5.32 Å². The molecule has 0 aliphatic heterocycles. The van der Waals surface area contributed by atoms with Crippen molar-refractivity contribution in [2.75, 3.05) is 11.6 Å². The number of hydrogen-bond donors (Lipinski definition) is 1. The number of hydrogen-bond acceptors (Lipinski definition) is 4. The molecule has 2 rings (SSSR count). The summed E-state index contributed by atoms with van der Waals surface area (Å²) in [4.78, 5) is 11.7. The molecule has 2 aromatic carbocycles. The first-order valence-corrected chi connectivity index (χ1v) is 7.51. The minimum absolute atomic E-state index is 0.0155. The summed E-state index contributed by atoms with van der Waals surface area (Å²) in [6, 6.07) is 12.7. The quantitative estimate of drug-likeness (QED) is 0.499. The average Bonchev–Trinajstić information content (AvgIpc) is 2.46. The van der Waals surface area contributed by atoms with Crippen molar-refractivity contribution in [1.82, 2.24) is 0 Å². The number of thioether (sulfide) groups is 1. The zero-order valence-corrected chi connectivity index (χ0v) is 12.4. The number of nitro groups is 1. The molecule has 4 nitrogen and oxygen atoms in total. The van der Waals surface area contributed by atoms with Gasteiger partial charge in [0.15, 0.2) is 0 Å². The van der Waals surface area contributed by atoms with Crippen LogP contribution in [0.3, 0.4) is 0 Å². The van der Waals surface area contributed by atoms with E-state index in [0.29, 0.717) is 17.3 Å². The van der Waals surface area contributed by atoms with Crippen molar-refractivity contribution in [3.63, 3.8) is 0 Å². The molecule has 6 heteroatoms. The summed E-state index contributed by atoms with van der Waals surface area (Å²) in [5, 5.41) is 14.4. The lowest BCUT2D eigenvalue weighted by Gasteiger charge is -2.08. The normalized spacial score (nSPS) is 10.3. The number of benzene rings is 2. The van der Waals surface area contributed by atoms with Crippen LogP contribution in [0.25, 0.3) is 0 Å². The second kappa shape index (κ2) is 6.63. The molecule has 0 aromatic heterocycles. The third-order valence-corrected chi connectivity index (χ3v) is 3.78. The maximum Gasteiger partial charge on any atom is 0.293 e. The second-order valence-corrected chi connectivity index (χ2v) is 5.44. The SMILES string of the molecule is CSc1ccc(CNc2ccc(Cl)cc2[N+](=O)[O-])cc1. The molecule has 0 heterocycles. The fourth-order valence-electron chi connectivity index (χ4n) is 1.75. The molecule has 0 aliphatic carbocycles. The number of anilines is 1. The first-order chi connectivity index (χ1) is 9.60. The monoisotopic (exact) mass is 308 g/mol. The summed E-state index contributed by atoms with van der Waals surface area (Å²) in [6.45, 7) is 0.525. The van der Waals surface area contributed by atoms with Crippen molar-refractivity contribution in [1.29, 1.82) is 0 Å². The molecule has 0 amide bonds. The van der Waals surface area contributed by atoms with Gasteiger partial charge in [0.25, 0.3) is 5.69 Å². The van der Waals surface area contributed by atoms with Gasteiger partial charge in [0.05, 0.1) is 4.92 Å². The minimum atomic E-state index is -0.439. The Morgan fingerprint density at radius 3 is 2.55 bits per heavy atom. The second-order valence-electron chi connectivity index (χ2n) is 4.12. The fraction of sp³-hybridized carbons (Fsp3) is 0.143. The highest BCUT2D eigenvalue weighted by Crippen LogP contribution is 2.28. The van der Waals surface area contributed by atoms with Crippen LogP contribution in [0, 0.1) is 10.1 Å². The lowest BCUT2D eigenvalue weighted by atomic mass is 10.2. The molecule has 104 valence electrons. The lowest BCUT2D eigenvalue weighted by Crippen LogP contribution is -2.02. The van der Waals surface area contributed by atoms with E-state index in [1.807, 2.05) is 30.5 Å². The van der Waals surface area contributed by atoms with E-state index in [1.54, 1.807) is 23.9 Å². The lowest BCUT2D eigenvalue weighted by molar-refractivity contribution is -0.383. The molecule has 2 aromatic rings. The number of rotatable bonds is 5. The van der Waals surface area contributed by atoms with Crippen LogP contribution in [0.4, 0.5) is 11.4 Å². The summed E-state index contributed by atoms with van der Waals surface area (Å²) in [5.74, 6) is 0. The standard InChI is InChI=1S/C14H13ClN2O2S/c1-20-12-5-2-10(3-6-12)9-16-13-7-4-11(15)8-14(13)17(18)19/h2-8,16H,9H2,1H3. The first kappa shape index (κ1) is 14.7. The first-order valence-electron chi connectivity index (χ1n) is 5.91. The predicted molar refractivity (Wildman–Crippen MR) is 83.7 cm³/mol.